The predicted molar refractivity (Wildman–Crippen MR) is 90.5 cm³/mol. The van der Waals surface area contributed by atoms with E-state index in [4.69, 9.17) is 9.84 Å². The lowest BCUT2D eigenvalue weighted by Gasteiger charge is -2.24. The number of hydrogen-bond acceptors (Lipinski definition) is 4. The summed E-state index contributed by atoms with van der Waals surface area (Å²) in [7, 11) is 1.94. The monoisotopic (exact) mass is 309 g/mol. The molecule has 1 aromatic rings. The predicted octanol–water partition coefficient (Wildman–Crippen LogP) is 2.73. The number of aliphatic hydroxyl groups excluding tert-OH is 2. The first-order valence-corrected chi connectivity index (χ1v) is 8.04. The van der Waals surface area contributed by atoms with Crippen LogP contribution >= 0.6 is 0 Å². The maximum atomic E-state index is 10.6. The second-order valence-electron chi connectivity index (χ2n) is 6.77. The van der Waals surface area contributed by atoms with Crippen molar-refractivity contribution in [3.63, 3.8) is 0 Å². The fourth-order valence-electron chi connectivity index (χ4n) is 2.34. The number of benzene rings is 1. The Bertz CT molecular complexity index is 454. The standard InChI is InChI=1S/C18H31NO3/c1-6-22-17-8-7-14(18(2,3)4)13-15(17)16(21)9-10-19(5)11-12-20/h7-8,13,16,20-21H,6,9-12H2,1-5H3. The van der Waals surface area contributed by atoms with Crippen LogP contribution in [0.5, 0.6) is 5.75 Å². The second-order valence-corrected chi connectivity index (χ2v) is 6.77. The molecule has 0 saturated carbocycles. The molecule has 0 bridgehead atoms. The molecule has 0 aromatic heterocycles. The fourth-order valence-corrected chi connectivity index (χ4v) is 2.34. The fraction of sp³-hybridized carbons (Fsp3) is 0.667. The average Bonchev–Trinajstić information content (AvgIpc) is 2.44. The second kappa shape index (κ2) is 8.51. The topological polar surface area (TPSA) is 52.9 Å². The molecule has 0 amide bonds. The van der Waals surface area contributed by atoms with Crippen molar-refractivity contribution in [3.05, 3.63) is 29.3 Å². The lowest BCUT2D eigenvalue weighted by molar-refractivity contribution is 0.137. The first-order valence-electron chi connectivity index (χ1n) is 8.04. The number of nitrogens with zero attached hydrogens (tertiary/aromatic N) is 1. The van der Waals surface area contributed by atoms with Gasteiger partial charge in [-0.15, -0.1) is 0 Å². The summed E-state index contributed by atoms with van der Waals surface area (Å²) in [6, 6.07) is 6.08. The highest BCUT2D eigenvalue weighted by Crippen LogP contribution is 2.33. The minimum Gasteiger partial charge on any atom is -0.493 e. The summed E-state index contributed by atoms with van der Waals surface area (Å²) in [6.45, 7) is 10.5. The van der Waals surface area contributed by atoms with Gasteiger partial charge in [-0.1, -0.05) is 26.8 Å². The van der Waals surface area contributed by atoms with Gasteiger partial charge in [-0.2, -0.15) is 0 Å². The van der Waals surface area contributed by atoms with Crippen molar-refractivity contribution in [1.82, 2.24) is 4.90 Å². The molecular formula is C18H31NO3. The zero-order valence-electron chi connectivity index (χ0n) is 14.6. The van der Waals surface area contributed by atoms with Gasteiger partial charge in [0.15, 0.2) is 0 Å². The van der Waals surface area contributed by atoms with E-state index < -0.39 is 6.10 Å². The van der Waals surface area contributed by atoms with Crippen molar-refractivity contribution in [1.29, 1.82) is 0 Å². The highest BCUT2D eigenvalue weighted by Gasteiger charge is 2.20. The molecule has 0 fully saturated rings. The van der Waals surface area contributed by atoms with Crippen LogP contribution in [0.1, 0.15) is 51.3 Å². The van der Waals surface area contributed by atoms with Crippen molar-refractivity contribution in [2.75, 3.05) is 33.4 Å². The van der Waals surface area contributed by atoms with E-state index in [1.54, 1.807) is 0 Å². The lowest BCUT2D eigenvalue weighted by Crippen LogP contribution is -2.24. The molecule has 1 rings (SSSR count). The van der Waals surface area contributed by atoms with Crippen molar-refractivity contribution in [2.45, 2.75) is 45.6 Å². The van der Waals surface area contributed by atoms with Gasteiger partial charge in [0.25, 0.3) is 0 Å². The van der Waals surface area contributed by atoms with Crippen LogP contribution in [-0.4, -0.2) is 48.5 Å². The highest BCUT2D eigenvalue weighted by molar-refractivity contribution is 5.41. The molecule has 0 radical (unpaired) electrons. The quantitative estimate of drug-likeness (QED) is 0.775. The van der Waals surface area contributed by atoms with Crippen LogP contribution in [0.15, 0.2) is 18.2 Å². The number of ether oxygens (including phenoxy) is 1. The van der Waals surface area contributed by atoms with E-state index in [-0.39, 0.29) is 12.0 Å². The Morgan fingerprint density at radius 2 is 1.91 bits per heavy atom. The number of hydrogen-bond donors (Lipinski definition) is 2. The minimum atomic E-state index is -0.565. The van der Waals surface area contributed by atoms with Crippen molar-refractivity contribution >= 4 is 0 Å². The zero-order valence-corrected chi connectivity index (χ0v) is 14.6. The van der Waals surface area contributed by atoms with E-state index in [1.807, 2.05) is 24.9 Å². The van der Waals surface area contributed by atoms with E-state index in [2.05, 4.69) is 32.9 Å². The number of rotatable bonds is 8. The van der Waals surface area contributed by atoms with Gasteiger partial charge in [0.05, 0.1) is 19.3 Å². The van der Waals surface area contributed by atoms with Gasteiger partial charge in [0, 0.05) is 18.7 Å². The first kappa shape index (κ1) is 18.9. The normalized spacial score (nSPS) is 13.5. The summed E-state index contributed by atoms with van der Waals surface area (Å²) in [6.07, 6.45) is 0.0504. The average molecular weight is 309 g/mol. The van der Waals surface area contributed by atoms with Gasteiger partial charge in [0.2, 0.25) is 0 Å². The summed E-state index contributed by atoms with van der Waals surface area (Å²) >= 11 is 0. The highest BCUT2D eigenvalue weighted by atomic mass is 16.5. The Labute approximate surface area is 134 Å². The SMILES string of the molecule is CCOc1ccc(C(C)(C)C)cc1C(O)CCN(C)CCO. The Morgan fingerprint density at radius 3 is 2.45 bits per heavy atom. The Kier molecular flexibility index (Phi) is 7.33. The Hall–Kier alpha value is -1.10. The van der Waals surface area contributed by atoms with Crippen molar-refractivity contribution in [2.24, 2.45) is 0 Å². The minimum absolute atomic E-state index is 0.0346. The van der Waals surface area contributed by atoms with Gasteiger partial charge >= 0.3 is 0 Å². The molecule has 1 aromatic carbocycles. The molecule has 1 unspecified atom stereocenters. The summed E-state index contributed by atoms with van der Waals surface area (Å²) in [4.78, 5) is 2.01. The van der Waals surface area contributed by atoms with Gasteiger partial charge in [0.1, 0.15) is 5.75 Å². The van der Waals surface area contributed by atoms with E-state index in [0.29, 0.717) is 19.6 Å². The third-order valence-electron chi connectivity index (χ3n) is 3.80. The molecule has 126 valence electrons. The molecule has 0 aliphatic rings. The number of aliphatic hydroxyl groups is 2. The molecule has 2 N–H and O–H groups in total. The van der Waals surface area contributed by atoms with Crippen LogP contribution in [0.2, 0.25) is 0 Å². The van der Waals surface area contributed by atoms with E-state index in [1.165, 1.54) is 5.56 Å². The molecule has 0 saturated heterocycles. The zero-order chi connectivity index (χ0) is 16.8. The van der Waals surface area contributed by atoms with Crippen LogP contribution in [0.25, 0.3) is 0 Å². The van der Waals surface area contributed by atoms with Gasteiger partial charge in [-0.3, -0.25) is 0 Å². The summed E-state index contributed by atoms with van der Waals surface area (Å²) in [5.41, 5.74) is 2.08. The molecule has 0 aliphatic carbocycles. The Balaban J connectivity index is 2.92. The van der Waals surface area contributed by atoms with E-state index in [0.717, 1.165) is 17.9 Å². The van der Waals surface area contributed by atoms with Crippen LogP contribution in [0, 0.1) is 0 Å². The summed E-state index contributed by atoms with van der Waals surface area (Å²) < 4.78 is 5.67. The maximum absolute atomic E-state index is 10.6. The smallest absolute Gasteiger partial charge is 0.125 e. The lowest BCUT2D eigenvalue weighted by atomic mass is 9.85. The van der Waals surface area contributed by atoms with Crippen LogP contribution < -0.4 is 4.74 Å². The first-order chi connectivity index (χ1) is 10.3. The largest absolute Gasteiger partial charge is 0.493 e. The third-order valence-corrected chi connectivity index (χ3v) is 3.80. The van der Waals surface area contributed by atoms with Crippen LogP contribution in [-0.2, 0) is 5.41 Å². The van der Waals surface area contributed by atoms with Gasteiger partial charge in [-0.05, 0) is 43.5 Å². The molecular weight excluding hydrogens is 278 g/mol. The van der Waals surface area contributed by atoms with Crippen molar-refractivity contribution < 1.29 is 14.9 Å². The summed E-state index contributed by atoms with van der Waals surface area (Å²) in [5.74, 6) is 0.757. The molecule has 4 heteroatoms. The van der Waals surface area contributed by atoms with E-state index >= 15 is 0 Å². The molecule has 0 heterocycles. The Morgan fingerprint density at radius 1 is 1.23 bits per heavy atom. The molecule has 0 spiro atoms. The third kappa shape index (κ3) is 5.59. The maximum Gasteiger partial charge on any atom is 0.125 e. The molecule has 0 aliphatic heterocycles. The molecule has 22 heavy (non-hydrogen) atoms. The van der Waals surface area contributed by atoms with Crippen molar-refractivity contribution in [3.8, 4) is 5.75 Å². The van der Waals surface area contributed by atoms with E-state index in [9.17, 15) is 5.11 Å². The molecule has 4 nitrogen and oxygen atoms in total. The van der Waals surface area contributed by atoms with Crippen LogP contribution in [0.3, 0.4) is 0 Å². The molecule has 1 atom stereocenters. The van der Waals surface area contributed by atoms with Crippen LogP contribution in [0.4, 0.5) is 0 Å². The summed E-state index contributed by atoms with van der Waals surface area (Å²) in [5, 5.41) is 19.5. The van der Waals surface area contributed by atoms with Gasteiger partial charge < -0.3 is 19.8 Å². The van der Waals surface area contributed by atoms with Gasteiger partial charge in [-0.25, -0.2) is 0 Å². The number of likely N-dealkylation sites (N-methyl/N-ethyl adjacent to an activating group) is 1.